The summed E-state index contributed by atoms with van der Waals surface area (Å²) in [6, 6.07) is 14.5. The van der Waals surface area contributed by atoms with Crippen molar-refractivity contribution < 1.29 is 22.7 Å². The normalized spacial score (nSPS) is 16.6. The molecule has 0 spiro atoms. The highest BCUT2D eigenvalue weighted by atomic mass is 32.2. The second-order valence-corrected chi connectivity index (χ2v) is 11.1. The topological polar surface area (TPSA) is 125 Å². The Kier molecular flexibility index (Phi) is 5.43. The molecule has 0 unspecified atom stereocenters. The molecule has 0 saturated heterocycles. The van der Waals surface area contributed by atoms with Crippen LogP contribution in [0.4, 0.5) is 5.69 Å². The number of benzene rings is 2. The van der Waals surface area contributed by atoms with Gasteiger partial charge in [-0.25, -0.2) is 13.1 Å². The third-order valence-electron chi connectivity index (χ3n) is 6.81. The molecule has 2 aliphatic rings. The first-order valence-electron chi connectivity index (χ1n) is 11.3. The molecule has 1 aliphatic heterocycles. The standard InChI is InChI=1S/C25H26N4O5S/c1-34-19-9-7-18(8-10-19)29-22-20(23(27-29)35(2,32)33)11-14-28(24(22)31)17-5-3-16(4-6-17)25(12-13-25)15-21(26)30/h3-10H,11-15H2,1-2H3,(H2,26,30). The number of nitrogens with two attached hydrogens (primary N) is 1. The number of carbonyl (C=O) groups excluding carboxylic acids is 2. The van der Waals surface area contributed by atoms with Crippen molar-refractivity contribution in [2.75, 3.05) is 24.8 Å². The van der Waals surface area contributed by atoms with Crippen LogP contribution in [0.1, 0.15) is 40.9 Å². The molecule has 0 bridgehead atoms. The van der Waals surface area contributed by atoms with Crippen LogP contribution in [0.5, 0.6) is 5.75 Å². The molecule has 2 amide bonds. The third kappa shape index (κ3) is 4.07. The molecule has 2 aromatic carbocycles. The number of primary amides is 1. The highest BCUT2D eigenvalue weighted by molar-refractivity contribution is 7.90. The van der Waals surface area contributed by atoms with E-state index in [4.69, 9.17) is 10.5 Å². The van der Waals surface area contributed by atoms with Crippen LogP contribution < -0.4 is 15.4 Å². The molecule has 35 heavy (non-hydrogen) atoms. The number of fused-ring (bicyclic) bond motifs is 1. The van der Waals surface area contributed by atoms with Gasteiger partial charge in [0.15, 0.2) is 14.9 Å². The fourth-order valence-electron chi connectivity index (χ4n) is 4.83. The fourth-order valence-corrected chi connectivity index (χ4v) is 5.71. The molecule has 1 aromatic heterocycles. The summed E-state index contributed by atoms with van der Waals surface area (Å²) in [5.74, 6) is -0.00907. The monoisotopic (exact) mass is 494 g/mol. The van der Waals surface area contributed by atoms with Crippen molar-refractivity contribution >= 4 is 27.3 Å². The van der Waals surface area contributed by atoms with Gasteiger partial charge in [-0.3, -0.25) is 9.59 Å². The molecule has 3 aromatic rings. The molecule has 1 saturated carbocycles. The number of amides is 2. The predicted molar refractivity (Wildman–Crippen MR) is 130 cm³/mol. The van der Waals surface area contributed by atoms with E-state index in [1.165, 1.54) is 4.68 Å². The van der Waals surface area contributed by atoms with Crippen LogP contribution in [-0.4, -0.2) is 49.9 Å². The van der Waals surface area contributed by atoms with Gasteiger partial charge in [0.2, 0.25) is 5.91 Å². The van der Waals surface area contributed by atoms with Gasteiger partial charge in [0.25, 0.3) is 5.91 Å². The maximum atomic E-state index is 13.7. The van der Waals surface area contributed by atoms with Gasteiger partial charge in [-0.2, -0.15) is 5.10 Å². The molecule has 2 heterocycles. The average Bonchev–Trinajstić information content (AvgIpc) is 3.48. The van der Waals surface area contributed by atoms with Crippen molar-refractivity contribution in [3.63, 3.8) is 0 Å². The van der Waals surface area contributed by atoms with Crippen molar-refractivity contribution in [2.45, 2.75) is 36.1 Å². The van der Waals surface area contributed by atoms with Gasteiger partial charge in [-0.15, -0.1) is 0 Å². The zero-order valence-electron chi connectivity index (χ0n) is 19.5. The first-order chi connectivity index (χ1) is 16.6. The first-order valence-corrected chi connectivity index (χ1v) is 13.2. The highest BCUT2D eigenvalue weighted by Gasteiger charge is 2.45. The molecule has 5 rings (SSSR count). The van der Waals surface area contributed by atoms with Gasteiger partial charge in [-0.1, -0.05) is 12.1 Å². The van der Waals surface area contributed by atoms with Crippen molar-refractivity contribution in [3.8, 4) is 11.4 Å². The zero-order valence-corrected chi connectivity index (χ0v) is 20.3. The van der Waals surface area contributed by atoms with E-state index in [1.807, 2.05) is 24.3 Å². The number of rotatable bonds is 7. The fraction of sp³-hybridized carbons (Fsp3) is 0.320. The Morgan fingerprint density at radius 3 is 2.26 bits per heavy atom. The molecular formula is C25H26N4O5S. The summed E-state index contributed by atoms with van der Waals surface area (Å²) in [5.41, 5.74) is 8.19. The molecule has 10 heteroatoms. The second kappa shape index (κ2) is 8.23. The van der Waals surface area contributed by atoms with E-state index in [0.717, 1.165) is 24.7 Å². The Balaban J connectivity index is 1.52. The van der Waals surface area contributed by atoms with Crippen LogP contribution in [0, 0.1) is 0 Å². The number of hydrogen-bond donors (Lipinski definition) is 1. The summed E-state index contributed by atoms with van der Waals surface area (Å²) < 4.78 is 31.5. The van der Waals surface area contributed by atoms with E-state index in [2.05, 4.69) is 5.10 Å². The van der Waals surface area contributed by atoms with Crippen LogP contribution in [-0.2, 0) is 26.5 Å². The summed E-state index contributed by atoms with van der Waals surface area (Å²) in [6.45, 7) is 0.328. The largest absolute Gasteiger partial charge is 0.497 e. The number of ether oxygens (including phenoxy) is 1. The average molecular weight is 495 g/mol. The number of anilines is 1. The minimum atomic E-state index is -3.64. The molecule has 182 valence electrons. The number of aromatic nitrogens is 2. The van der Waals surface area contributed by atoms with Gasteiger partial charge in [-0.05, 0) is 61.2 Å². The van der Waals surface area contributed by atoms with Crippen LogP contribution in [0.3, 0.4) is 0 Å². The smallest absolute Gasteiger partial charge is 0.277 e. The van der Waals surface area contributed by atoms with Crippen LogP contribution >= 0.6 is 0 Å². The van der Waals surface area contributed by atoms with Crippen molar-refractivity contribution in [3.05, 3.63) is 65.4 Å². The van der Waals surface area contributed by atoms with E-state index in [9.17, 15) is 18.0 Å². The zero-order chi connectivity index (χ0) is 25.0. The van der Waals surface area contributed by atoms with Crippen LogP contribution in [0.25, 0.3) is 5.69 Å². The van der Waals surface area contributed by atoms with Gasteiger partial charge in [0.1, 0.15) is 11.4 Å². The van der Waals surface area contributed by atoms with Crippen LogP contribution in [0.15, 0.2) is 53.6 Å². The van der Waals surface area contributed by atoms with E-state index in [0.29, 0.717) is 42.1 Å². The summed E-state index contributed by atoms with van der Waals surface area (Å²) in [5, 5.41) is 4.27. The summed E-state index contributed by atoms with van der Waals surface area (Å²) in [6.07, 6.45) is 3.59. The van der Waals surface area contributed by atoms with E-state index in [-0.39, 0.29) is 27.9 Å². The van der Waals surface area contributed by atoms with Crippen molar-refractivity contribution in [2.24, 2.45) is 5.73 Å². The van der Waals surface area contributed by atoms with Crippen LogP contribution in [0.2, 0.25) is 0 Å². The summed E-state index contributed by atoms with van der Waals surface area (Å²) in [7, 11) is -2.09. The lowest BCUT2D eigenvalue weighted by molar-refractivity contribution is -0.118. The van der Waals surface area contributed by atoms with Crippen molar-refractivity contribution in [1.29, 1.82) is 0 Å². The van der Waals surface area contributed by atoms with Gasteiger partial charge < -0.3 is 15.4 Å². The number of methoxy groups -OCH3 is 1. The molecular weight excluding hydrogens is 468 g/mol. The molecule has 9 nitrogen and oxygen atoms in total. The Bertz CT molecular complexity index is 1420. The lowest BCUT2D eigenvalue weighted by atomic mass is 9.92. The Hall–Kier alpha value is -3.66. The molecule has 0 atom stereocenters. The quantitative estimate of drug-likeness (QED) is 0.538. The predicted octanol–water partition coefficient (Wildman–Crippen LogP) is 2.39. The lowest BCUT2D eigenvalue weighted by Crippen LogP contribution is -2.39. The minimum Gasteiger partial charge on any atom is -0.497 e. The van der Waals surface area contributed by atoms with E-state index >= 15 is 0 Å². The maximum absolute atomic E-state index is 13.7. The Labute approximate surface area is 203 Å². The number of sulfone groups is 1. The number of nitrogens with zero attached hydrogens (tertiary/aromatic N) is 3. The Morgan fingerprint density at radius 2 is 1.71 bits per heavy atom. The Morgan fingerprint density at radius 1 is 1.09 bits per heavy atom. The van der Waals surface area contributed by atoms with Gasteiger partial charge >= 0.3 is 0 Å². The highest BCUT2D eigenvalue weighted by Crippen LogP contribution is 2.51. The third-order valence-corrected chi connectivity index (χ3v) is 7.84. The molecule has 1 fully saturated rings. The minimum absolute atomic E-state index is 0.0752. The second-order valence-electron chi connectivity index (χ2n) is 9.19. The van der Waals surface area contributed by atoms with E-state index < -0.39 is 9.84 Å². The first kappa shape index (κ1) is 23.1. The SMILES string of the molecule is COc1ccc(-n2nc(S(C)(=O)=O)c3c2C(=O)N(c2ccc(C4(CC(N)=O)CC4)cc2)CC3)cc1. The number of hydrogen-bond acceptors (Lipinski definition) is 6. The number of carbonyl (C=O) groups is 2. The lowest BCUT2D eigenvalue weighted by Gasteiger charge is -2.28. The van der Waals surface area contributed by atoms with Gasteiger partial charge in [0, 0.05) is 35.9 Å². The van der Waals surface area contributed by atoms with Crippen molar-refractivity contribution in [1.82, 2.24) is 9.78 Å². The summed E-state index contributed by atoms with van der Waals surface area (Å²) in [4.78, 5) is 26.8. The molecule has 2 N–H and O–H groups in total. The maximum Gasteiger partial charge on any atom is 0.277 e. The molecule has 0 radical (unpaired) electrons. The molecule has 1 aliphatic carbocycles. The van der Waals surface area contributed by atoms with E-state index in [1.54, 1.807) is 36.3 Å². The van der Waals surface area contributed by atoms with Gasteiger partial charge in [0.05, 0.1) is 12.8 Å². The summed E-state index contributed by atoms with van der Waals surface area (Å²) >= 11 is 0.